The molecule has 1 amide bonds. The quantitative estimate of drug-likeness (QED) is 0.642. The summed E-state index contributed by atoms with van der Waals surface area (Å²) < 4.78 is 0. The van der Waals surface area contributed by atoms with E-state index in [1.165, 1.54) is 4.90 Å². The molecule has 0 spiro atoms. The standard InChI is InChI=1S/C9H13N5O/c1-5-2-7(11)13-9(12-5)14-4-6(10)3-8(14)15/h2,6H,3-4,10H2,1H3,(H2,11,12,13). The molecule has 1 fully saturated rings. The first-order valence-electron chi connectivity index (χ1n) is 4.73. The largest absolute Gasteiger partial charge is 0.384 e. The first-order chi connectivity index (χ1) is 7.06. The predicted molar refractivity (Wildman–Crippen MR) is 56.1 cm³/mol. The van der Waals surface area contributed by atoms with Gasteiger partial charge in [-0.25, -0.2) is 4.98 Å². The lowest BCUT2D eigenvalue weighted by molar-refractivity contribution is -0.117. The zero-order valence-electron chi connectivity index (χ0n) is 8.47. The van der Waals surface area contributed by atoms with Crippen LogP contribution in [0.1, 0.15) is 12.1 Å². The van der Waals surface area contributed by atoms with Crippen LogP contribution in [-0.2, 0) is 4.79 Å². The van der Waals surface area contributed by atoms with Crippen molar-refractivity contribution in [1.29, 1.82) is 0 Å². The Labute approximate surface area is 87.3 Å². The van der Waals surface area contributed by atoms with Crippen molar-refractivity contribution in [3.05, 3.63) is 11.8 Å². The Kier molecular flexibility index (Phi) is 2.28. The molecule has 0 saturated carbocycles. The van der Waals surface area contributed by atoms with Crippen LogP contribution < -0.4 is 16.4 Å². The number of amides is 1. The highest BCUT2D eigenvalue weighted by atomic mass is 16.2. The Bertz CT molecular complexity index is 385. The van der Waals surface area contributed by atoms with E-state index in [0.29, 0.717) is 24.7 Å². The van der Waals surface area contributed by atoms with Crippen LogP contribution in [0.3, 0.4) is 0 Å². The van der Waals surface area contributed by atoms with Crippen molar-refractivity contribution in [2.24, 2.45) is 5.73 Å². The minimum absolute atomic E-state index is 0.0486. The molecule has 1 aromatic heterocycles. The molecular formula is C9H13N5O. The Morgan fingerprint density at radius 2 is 2.27 bits per heavy atom. The first-order valence-corrected chi connectivity index (χ1v) is 4.73. The lowest BCUT2D eigenvalue weighted by Crippen LogP contribution is -2.29. The van der Waals surface area contributed by atoms with Gasteiger partial charge < -0.3 is 11.5 Å². The van der Waals surface area contributed by atoms with E-state index < -0.39 is 0 Å². The second-order valence-corrected chi connectivity index (χ2v) is 3.70. The van der Waals surface area contributed by atoms with Crippen LogP contribution in [0.4, 0.5) is 11.8 Å². The number of rotatable bonds is 1. The first kappa shape index (κ1) is 9.85. The summed E-state index contributed by atoms with van der Waals surface area (Å²) in [4.78, 5) is 21.2. The number of carbonyl (C=O) groups excluding carboxylic acids is 1. The monoisotopic (exact) mass is 207 g/mol. The van der Waals surface area contributed by atoms with Gasteiger partial charge in [-0.15, -0.1) is 0 Å². The minimum atomic E-state index is -0.136. The summed E-state index contributed by atoms with van der Waals surface area (Å²) in [5.41, 5.74) is 12.0. The molecule has 0 aromatic carbocycles. The summed E-state index contributed by atoms with van der Waals surface area (Å²) in [5, 5.41) is 0. The van der Waals surface area contributed by atoms with E-state index in [1.54, 1.807) is 6.07 Å². The smallest absolute Gasteiger partial charge is 0.234 e. The molecule has 1 saturated heterocycles. The summed E-state index contributed by atoms with van der Waals surface area (Å²) in [5.74, 6) is 0.670. The number of hydrogen-bond donors (Lipinski definition) is 2. The Balaban J connectivity index is 2.33. The van der Waals surface area contributed by atoms with Crippen molar-refractivity contribution in [2.45, 2.75) is 19.4 Å². The lowest BCUT2D eigenvalue weighted by Gasteiger charge is -2.14. The van der Waals surface area contributed by atoms with Gasteiger partial charge >= 0.3 is 0 Å². The molecule has 6 heteroatoms. The normalized spacial score (nSPS) is 21.1. The summed E-state index contributed by atoms with van der Waals surface area (Å²) in [6.45, 7) is 2.27. The topological polar surface area (TPSA) is 98.1 Å². The molecule has 80 valence electrons. The number of aromatic nitrogens is 2. The van der Waals surface area contributed by atoms with Gasteiger partial charge in [-0.05, 0) is 6.92 Å². The molecule has 0 radical (unpaired) electrons. The average Bonchev–Trinajstić information content (AvgIpc) is 2.43. The molecule has 1 aliphatic rings. The Morgan fingerprint density at radius 3 is 2.80 bits per heavy atom. The van der Waals surface area contributed by atoms with Gasteiger partial charge in [-0.3, -0.25) is 9.69 Å². The van der Waals surface area contributed by atoms with Crippen LogP contribution in [-0.4, -0.2) is 28.5 Å². The maximum Gasteiger partial charge on any atom is 0.234 e. The van der Waals surface area contributed by atoms with E-state index in [0.717, 1.165) is 5.69 Å². The second-order valence-electron chi connectivity index (χ2n) is 3.70. The molecule has 2 heterocycles. The number of anilines is 2. The molecule has 0 aliphatic carbocycles. The summed E-state index contributed by atoms with van der Waals surface area (Å²) in [6, 6.07) is 1.52. The molecule has 1 unspecified atom stereocenters. The van der Waals surface area contributed by atoms with Crippen molar-refractivity contribution in [1.82, 2.24) is 9.97 Å². The predicted octanol–water partition coefficient (Wildman–Crippen LogP) is -0.569. The van der Waals surface area contributed by atoms with Gasteiger partial charge in [0.05, 0.1) is 0 Å². The van der Waals surface area contributed by atoms with Crippen molar-refractivity contribution < 1.29 is 4.79 Å². The van der Waals surface area contributed by atoms with E-state index in [1.807, 2.05) is 6.92 Å². The van der Waals surface area contributed by atoms with Crippen LogP contribution >= 0.6 is 0 Å². The van der Waals surface area contributed by atoms with Gasteiger partial charge in [0.25, 0.3) is 0 Å². The molecule has 0 bridgehead atoms. The molecule has 1 atom stereocenters. The van der Waals surface area contributed by atoms with Crippen LogP contribution in [0.2, 0.25) is 0 Å². The third-order valence-electron chi connectivity index (χ3n) is 2.26. The van der Waals surface area contributed by atoms with Gasteiger partial charge in [0.1, 0.15) is 5.82 Å². The van der Waals surface area contributed by atoms with E-state index in [4.69, 9.17) is 11.5 Å². The highest BCUT2D eigenvalue weighted by Crippen LogP contribution is 2.17. The fraction of sp³-hybridized carbons (Fsp3) is 0.444. The van der Waals surface area contributed by atoms with Gasteiger partial charge in [-0.1, -0.05) is 0 Å². The highest BCUT2D eigenvalue weighted by Gasteiger charge is 2.29. The fourth-order valence-corrected chi connectivity index (χ4v) is 1.63. The van der Waals surface area contributed by atoms with Gasteiger partial charge in [0.15, 0.2) is 0 Å². The maximum atomic E-state index is 11.5. The molecule has 1 aromatic rings. The fourth-order valence-electron chi connectivity index (χ4n) is 1.63. The zero-order valence-corrected chi connectivity index (χ0v) is 8.47. The molecule has 4 N–H and O–H groups in total. The van der Waals surface area contributed by atoms with Gasteiger partial charge in [0.2, 0.25) is 11.9 Å². The van der Waals surface area contributed by atoms with Crippen LogP contribution in [0.5, 0.6) is 0 Å². The average molecular weight is 207 g/mol. The number of nitrogens with zero attached hydrogens (tertiary/aromatic N) is 3. The third kappa shape index (κ3) is 1.89. The maximum absolute atomic E-state index is 11.5. The summed E-state index contributed by atoms with van der Waals surface area (Å²) in [7, 11) is 0. The van der Waals surface area contributed by atoms with Gasteiger partial charge in [0, 0.05) is 30.8 Å². The van der Waals surface area contributed by atoms with E-state index in [2.05, 4.69) is 9.97 Å². The van der Waals surface area contributed by atoms with Crippen molar-refractivity contribution in [2.75, 3.05) is 17.2 Å². The number of carbonyl (C=O) groups is 1. The second kappa shape index (κ2) is 3.47. The van der Waals surface area contributed by atoms with E-state index in [-0.39, 0.29) is 11.9 Å². The summed E-state index contributed by atoms with van der Waals surface area (Å²) >= 11 is 0. The Hall–Kier alpha value is -1.69. The molecular weight excluding hydrogens is 194 g/mol. The molecule has 2 rings (SSSR count). The zero-order chi connectivity index (χ0) is 11.0. The van der Waals surface area contributed by atoms with Crippen LogP contribution in [0, 0.1) is 6.92 Å². The van der Waals surface area contributed by atoms with Crippen LogP contribution in [0.25, 0.3) is 0 Å². The Morgan fingerprint density at radius 1 is 1.53 bits per heavy atom. The lowest BCUT2D eigenvalue weighted by atomic mass is 10.3. The number of nitrogens with two attached hydrogens (primary N) is 2. The van der Waals surface area contributed by atoms with Crippen molar-refractivity contribution in [3.63, 3.8) is 0 Å². The number of nitrogen functional groups attached to an aromatic ring is 1. The molecule has 15 heavy (non-hydrogen) atoms. The number of aryl methyl sites for hydroxylation is 1. The SMILES string of the molecule is Cc1cc(N)nc(N2CC(N)CC2=O)n1. The third-order valence-corrected chi connectivity index (χ3v) is 2.26. The van der Waals surface area contributed by atoms with E-state index >= 15 is 0 Å². The summed E-state index contributed by atoms with van der Waals surface area (Å²) in [6.07, 6.45) is 0.344. The van der Waals surface area contributed by atoms with Gasteiger partial charge in [-0.2, -0.15) is 4.98 Å². The van der Waals surface area contributed by atoms with Crippen LogP contribution in [0.15, 0.2) is 6.07 Å². The van der Waals surface area contributed by atoms with Crippen molar-refractivity contribution >= 4 is 17.7 Å². The molecule has 6 nitrogen and oxygen atoms in total. The van der Waals surface area contributed by atoms with Crippen molar-refractivity contribution in [3.8, 4) is 0 Å². The molecule has 1 aliphatic heterocycles. The highest BCUT2D eigenvalue weighted by molar-refractivity contribution is 5.94. The van der Waals surface area contributed by atoms with E-state index in [9.17, 15) is 4.79 Å². The number of hydrogen-bond acceptors (Lipinski definition) is 5. The minimum Gasteiger partial charge on any atom is -0.384 e.